The van der Waals surface area contributed by atoms with E-state index in [9.17, 15) is 31.1 Å². The van der Waals surface area contributed by atoms with E-state index in [4.69, 9.17) is 0 Å². The lowest BCUT2D eigenvalue weighted by Gasteiger charge is -2.17. The average Bonchev–Trinajstić information content (AvgIpc) is 2.53. The summed E-state index contributed by atoms with van der Waals surface area (Å²) in [6.07, 6.45) is -9.53. The van der Waals surface area contributed by atoms with E-state index in [-0.39, 0.29) is 17.7 Å². The van der Waals surface area contributed by atoms with Crippen LogP contribution in [-0.4, -0.2) is 12.6 Å². The van der Waals surface area contributed by atoms with E-state index in [0.29, 0.717) is 12.1 Å². The quantitative estimate of drug-likeness (QED) is 0.527. The van der Waals surface area contributed by atoms with Crippen molar-refractivity contribution in [3.63, 3.8) is 0 Å². The maximum atomic E-state index is 13.2. The summed E-state index contributed by atoms with van der Waals surface area (Å²) in [6.45, 7) is 1.24. The Bertz CT molecular complexity index is 777. The maximum absolute atomic E-state index is 13.2. The number of hydrogen-bond donors (Lipinski definition) is 0. The van der Waals surface area contributed by atoms with Crippen LogP contribution in [0.3, 0.4) is 0 Å². The molecule has 0 amide bonds. The monoisotopic (exact) mass is 362 g/mol. The number of ether oxygens (including phenoxy) is 1. The lowest BCUT2D eigenvalue weighted by molar-refractivity contribution is -0.138. The number of benzene rings is 2. The fraction of sp³-hybridized carbons (Fsp3) is 0.235. The van der Waals surface area contributed by atoms with Crippen LogP contribution < -0.4 is 0 Å². The molecule has 8 heteroatoms. The summed E-state index contributed by atoms with van der Waals surface area (Å²) in [6, 6.07) is 6.61. The average molecular weight is 362 g/mol. The molecule has 0 N–H and O–H groups in total. The van der Waals surface area contributed by atoms with Gasteiger partial charge in [0, 0.05) is 0 Å². The van der Waals surface area contributed by atoms with E-state index in [1.165, 1.54) is 13.0 Å². The van der Waals surface area contributed by atoms with Gasteiger partial charge < -0.3 is 4.74 Å². The lowest BCUT2D eigenvalue weighted by Crippen LogP contribution is -2.16. The highest BCUT2D eigenvalue weighted by molar-refractivity contribution is 5.99. The number of rotatable bonds is 3. The van der Waals surface area contributed by atoms with Gasteiger partial charge in [0.2, 0.25) is 0 Å². The Balaban J connectivity index is 2.72. The zero-order valence-electron chi connectivity index (χ0n) is 12.8. The molecule has 0 saturated heterocycles. The van der Waals surface area contributed by atoms with Gasteiger partial charge in [0.05, 0.1) is 23.3 Å². The van der Waals surface area contributed by atoms with Crippen molar-refractivity contribution in [2.45, 2.75) is 19.3 Å². The Hall–Kier alpha value is -2.51. The minimum Gasteiger partial charge on any atom is -0.462 e. The van der Waals surface area contributed by atoms with E-state index in [1.54, 1.807) is 0 Å². The second kappa shape index (κ2) is 6.78. The van der Waals surface area contributed by atoms with Gasteiger partial charge in [-0.05, 0) is 36.2 Å². The van der Waals surface area contributed by atoms with Crippen LogP contribution in [0.4, 0.5) is 26.3 Å². The fourth-order valence-corrected chi connectivity index (χ4v) is 2.32. The van der Waals surface area contributed by atoms with Crippen molar-refractivity contribution in [3.05, 3.63) is 59.2 Å². The van der Waals surface area contributed by atoms with E-state index in [0.717, 1.165) is 24.3 Å². The van der Waals surface area contributed by atoms with Gasteiger partial charge in [0.15, 0.2) is 0 Å². The maximum Gasteiger partial charge on any atom is 0.417 e. The predicted octanol–water partition coefficient (Wildman–Crippen LogP) is 5.57. The molecule has 25 heavy (non-hydrogen) atoms. The normalized spacial score (nSPS) is 12.1. The highest BCUT2D eigenvalue weighted by atomic mass is 19.4. The Morgan fingerprint density at radius 3 is 2.16 bits per heavy atom. The van der Waals surface area contributed by atoms with Crippen LogP contribution >= 0.6 is 0 Å². The van der Waals surface area contributed by atoms with Crippen molar-refractivity contribution in [1.82, 2.24) is 0 Å². The minimum absolute atomic E-state index is 0.163. The van der Waals surface area contributed by atoms with Crippen LogP contribution in [0.1, 0.15) is 28.4 Å². The molecule has 0 aromatic heterocycles. The summed E-state index contributed by atoms with van der Waals surface area (Å²) in [5.41, 5.74) is -3.54. The molecular weight excluding hydrogens is 350 g/mol. The van der Waals surface area contributed by atoms with E-state index >= 15 is 0 Å². The van der Waals surface area contributed by atoms with Crippen molar-refractivity contribution in [1.29, 1.82) is 0 Å². The van der Waals surface area contributed by atoms with Crippen LogP contribution in [0.2, 0.25) is 0 Å². The molecule has 2 rings (SSSR count). The number of esters is 1. The molecule has 0 atom stereocenters. The number of carbonyl (C=O) groups excluding carboxylic acids is 1. The van der Waals surface area contributed by atoms with Gasteiger partial charge in [0.1, 0.15) is 0 Å². The van der Waals surface area contributed by atoms with Crippen LogP contribution in [0.5, 0.6) is 0 Å². The molecule has 0 unspecified atom stereocenters. The largest absolute Gasteiger partial charge is 0.462 e. The number of alkyl halides is 6. The van der Waals surface area contributed by atoms with Gasteiger partial charge in [-0.3, -0.25) is 0 Å². The van der Waals surface area contributed by atoms with Gasteiger partial charge in [-0.2, -0.15) is 26.3 Å². The second-order valence-corrected chi connectivity index (χ2v) is 5.02. The first-order valence-electron chi connectivity index (χ1n) is 7.10. The molecule has 0 bridgehead atoms. The van der Waals surface area contributed by atoms with E-state index < -0.39 is 35.0 Å². The summed E-state index contributed by atoms with van der Waals surface area (Å²) in [5.74, 6) is -1.25. The first-order chi connectivity index (χ1) is 11.6. The zero-order chi connectivity index (χ0) is 18.8. The minimum atomic E-state index is -4.86. The first-order valence-corrected chi connectivity index (χ1v) is 7.10. The third kappa shape index (κ3) is 4.12. The van der Waals surface area contributed by atoms with Crippen molar-refractivity contribution in [3.8, 4) is 11.1 Å². The number of hydrogen-bond acceptors (Lipinski definition) is 2. The molecule has 2 nitrogen and oxygen atoms in total. The molecule has 0 saturated carbocycles. The summed E-state index contributed by atoms with van der Waals surface area (Å²) in [7, 11) is 0. The standard InChI is InChI=1S/C17H12F6O2/c1-2-25-15(24)14-12(7-4-8-13(14)17(21,22)23)10-5-3-6-11(9-10)16(18,19)20/h3-9H,2H2,1H3. The molecule has 0 aliphatic heterocycles. The zero-order valence-corrected chi connectivity index (χ0v) is 12.8. The Kier molecular flexibility index (Phi) is 5.10. The van der Waals surface area contributed by atoms with Crippen LogP contribution in [-0.2, 0) is 17.1 Å². The van der Waals surface area contributed by atoms with Crippen molar-refractivity contribution >= 4 is 5.97 Å². The van der Waals surface area contributed by atoms with Gasteiger partial charge in [-0.25, -0.2) is 4.79 Å². The first kappa shape index (κ1) is 18.8. The van der Waals surface area contributed by atoms with Crippen LogP contribution in [0.15, 0.2) is 42.5 Å². The smallest absolute Gasteiger partial charge is 0.417 e. The number of halogens is 6. The number of carbonyl (C=O) groups is 1. The molecule has 2 aromatic carbocycles. The van der Waals surface area contributed by atoms with Crippen molar-refractivity contribution < 1.29 is 35.9 Å². The van der Waals surface area contributed by atoms with Gasteiger partial charge >= 0.3 is 18.3 Å². The topological polar surface area (TPSA) is 26.3 Å². The lowest BCUT2D eigenvalue weighted by atomic mass is 9.94. The Labute approximate surface area is 139 Å². The van der Waals surface area contributed by atoms with Gasteiger partial charge in [-0.15, -0.1) is 0 Å². The Morgan fingerprint density at radius 1 is 0.960 bits per heavy atom. The highest BCUT2D eigenvalue weighted by Crippen LogP contribution is 2.38. The van der Waals surface area contributed by atoms with Gasteiger partial charge in [0.25, 0.3) is 0 Å². The summed E-state index contributed by atoms with van der Waals surface area (Å²) >= 11 is 0. The third-order valence-corrected chi connectivity index (χ3v) is 3.35. The summed E-state index contributed by atoms with van der Waals surface area (Å²) in [4.78, 5) is 12.0. The molecule has 134 valence electrons. The van der Waals surface area contributed by atoms with Crippen molar-refractivity contribution in [2.24, 2.45) is 0 Å². The highest BCUT2D eigenvalue weighted by Gasteiger charge is 2.37. The summed E-state index contributed by atoms with van der Waals surface area (Å²) in [5, 5.41) is 0. The third-order valence-electron chi connectivity index (χ3n) is 3.35. The second-order valence-electron chi connectivity index (χ2n) is 5.02. The molecular formula is C17H12F6O2. The van der Waals surface area contributed by atoms with Gasteiger partial charge in [-0.1, -0.05) is 24.3 Å². The Morgan fingerprint density at radius 2 is 1.60 bits per heavy atom. The molecule has 0 fully saturated rings. The molecule has 0 spiro atoms. The molecule has 0 radical (unpaired) electrons. The van der Waals surface area contributed by atoms with Crippen molar-refractivity contribution in [2.75, 3.05) is 6.61 Å². The molecule has 2 aromatic rings. The van der Waals surface area contributed by atoms with E-state index in [1.807, 2.05) is 0 Å². The predicted molar refractivity (Wildman–Crippen MR) is 77.8 cm³/mol. The fourth-order valence-electron chi connectivity index (χ4n) is 2.32. The molecule has 0 aliphatic carbocycles. The SMILES string of the molecule is CCOC(=O)c1c(-c2cccc(C(F)(F)F)c2)cccc1C(F)(F)F. The van der Waals surface area contributed by atoms with E-state index in [2.05, 4.69) is 4.74 Å². The molecule has 0 heterocycles. The summed E-state index contributed by atoms with van der Waals surface area (Å²) < 4.78 is 82.9. The van der Waals surface area contributed by atoms with Crippen LogP contribution in [0.25, 0.3) is 11.1 Å². The van der Waals surface area contributed by atoms with Crippen LogP contribution in [0, 0.1) is 0 Å². The molecule has 0 aliphatic rings.